The van der Waals surface area contributed by atoms with Gasteiger partial charge in [0.05, 0.1) is 12.0 Å². The van der Waals surface area contributed by atoms with E-state index in [4.69, 9.17) is 15.2 Å². The van der Waals surface area contributed by atoms with Gasteiger partial charge < -0.3 is 15.2 Å². The van der Waals surface area contributed by atoms with Crippen molar-refractivity contribution in [3.8, 4) is 11.5 Å². The number of rotatable bonds is 3. The lowest BCUT2D eigenvalue weighted by Crippen LogP contribution is -2.36. The van der Waals surface area contributed by atoms with Crippen LogP contribution in [0.3, 0.4) is 0 Å². The standard InChI is InChI=1S/C14H17NO4/c1-8(13(15)17)18-9-4-5-10-11(16)7-14(2,3)19-12(10)6-9/h4-6,8H,7H2,1-3H3,(H2,15,17). The zero-order valence-corrected chi connectivity index (χ0v) is 11.2. The van der Waals surface area contributed by atoms with Crippen molar-refractivity contribution in [2.24, 2.45) is 5.73 Å². The molecule has 1 aliphatic rings. The Kier molecular flexibility index (Phi) is 3.22. The van der Waals surface area contributed by atoms with E-state index in [0.717, 1.165) is 0 Å². The molecule has 0 fully saturated rings. The number of Topliss-reactive ketones (excluding diaryl/α,β-unsaturated/α-hetero) is 1. The van der Waals surface area contributed by atoms with Gasteiger partial charge in [0.25, 0.3) is 5.91 Å². The predicted octanol–water partition coefficient (Wildman–Crippen LogP) is 1.68. The molecule has 5 heteroatoms. The number of benzene rings is 1. The zero-order valence-electron chi connectivity index (χ0n) is 11.2. The molecule has 0 spiro atoms. The smallest absolute Gasteiger partial charge is 0.258 e. The lowest BCUT2D eigenvalue weighted by molar-refractivity contribution is -0.124. The number of amides is 1. The molecule has 0 saturated heterocycles. The SMILES string of the molecule is CC(Oc1ccc2c(c1)OC(C)(C)CC2=O)C(N)=O. The molecule has 0 aromatic heterocycles. The minimum absolute atomic E-state index is 0.0424. The molecule has 2 N–H and O–H groups in total. The molecule has 19 heavy (non-hydrogen) atoms. The first-order valence-electron chi connectivity index (χ1n) is 6.11. The van der Waals surface area contributed by atoms with Crippen molar-refractivity contribution in [1.29, 1.82) is 0 Å². The molecule has 1 aliphatic heterocycles. The summed E-state index contributed by atoms with van der Waals surface area (Å²) in [5.41, 5.74) is 5.15. The maximum Gasteiger partial charge on any atom is 0.258 e. The normalized spacial score (nSPS) is 18.2. The van der Waals surface area contributed by atoms with Crippen molar-refractivity contribution in [3.05, 3.63) is 23.8 Å². The highest BCUT2D eigenvalue weighted by atomic mass is 16.5. The largest absolute Gasteiger partial charge is 0.486 e. The summed E-state index contributed by atoms with van der Waals surface area (Å²) < 4.78 is 11.1. The van der Waals surface area contributed by atoms with E-state index in [1.54, 1.807) is 25.1 Å². The van der Waals surface area contributed by atoms with Crippen LogP contribution in [0.2, 0.25) is 0 Å². The molecule has 0 bridgehead atoms. The lowest BCUT2D eigenvalue weighted by atomic mass is 9.93. The number of carbonyl (C=O) groups excluding carboxylic acids is 2. The minimum Gasteiger partial charge on any atom is -0.486 e. The van der Waals surface area contributed by atoms with E-state index in [-0.39, 0.29) is 5.78 Å². The fourth-order valence-corrected chi connectivity index (χ4v) is 1.97. The molecular formula is C14H17NO4. The van der Waals surface area contributed by atoms with E-state index < -0.39 is 17.6 Å². The molecule has 1 aromatic rings. The Bertz CT molecular complexity index is 536. The van der Waals surface area contributed by atoms with E-state index in [9.17, 15) is 9.59 Å². The van der Waals surface area contributed by atoms with Crippen molar-refractivity contribution < 1.29 is 19.1 Å². The number of fused-ring (bicyclic) bond motifs is 1. The number of ether oxygens (including phenoxy) is 2. The third-order valence-corrected chi connectivity index (χ3v) is 2.94. The monoisotopic (exact) mass is 263 g/mol. The summed E-state index contributed by atoms with van der Waals surface area (Å²) >= 11 is 0. The number of nitrogens with two attached hydrogens (primary N) is 1. The van der Waals surface area contributed by atoms with Crippen molar-refractivity contribution in [3.63, 3.8) is 0 Å². The first-order chi connectivity index (χ1) is 8.78. The molecule has 1 amide bonds. The third-order valence-electron chi connectivity index (χ3n) is 2.94. The molecule has 1 heterocycles. The Morgan fingerprint density at radius 1 is 1.47 bits per heavy atom. The highest BCUT2D eigenvalue weighted by Gasteiger charge is 2.32. The molecule has 0 aliphatic carbocycles. The summed E-state index contributed by atoms with van der Waals surface area (Å²) in [4.78, 5) is 22.9. The van der Waals surface area contributed by atoms with Gasteiger partial charge in [-0.05, 0) is 32.9 Å². The van der Waals surface area contributed by atoms with Crippen LogP contribution in [0.1, 0.15) is 37.6 Å². The van der Waals surface area contributed by atoms with Crippen LogP contribution in [-0.4, -0.2) is 23.4 Å². The van der Waals surface area contributed by atoms with Crippen LogP contribution < -0.4 is 15.2 Å². The van der Waals surface area contributed by atoms with Gasteiger partial charge in [0.15, 0.2) is 11.9 Å². The number of hydrogen-bond acceptors (Lipinski definition) is 4. The summed E-state index contributed by atoms with van der Waals surface area (Å²) in [5.74, 6) is 0.432. The fraction of sp³-hybridized carbons (Fsp3) is 0.429. The second kappa shape index (κ2) is 4.57. The number of primary amides is 1. The van der Waals surface area contributed by atoms with Crippen LogP contribution in [0.25, 0.3) is 0 Å². The van der Waals surface area contributed by atoms with E-state index in [1.807, 2.05) is 13.8 Å². The van der Waals surface area contributed by atoms with Crippen LogP contribution in [-0.2, 0) is 4.79 Å². The van der Waals surface area contributed by atoms with E-state index in [1.165, 1.54) is 0 Å². The van der Waals surface area contributed by atoms with Gasteiger partial charge in [-0.1, -0.05) is 0 Å². The van der Waals surface area contributed by atoms with Crippen LogP contribution in [0, 0.1) is 0 Å². The highest BCUT2D eigenvalue weighted by Crippen LogP contribution is 2.35. The van der Waals surface area contributed by atoms with E-state index in [2.05, 4.69) is 0 Å². The summed E-state index contributed by atoms with van der Waals surface area (Å²) in [6.45, 7) is 5.28. The zero-order chi connectivity index (χ0) is 14.2. The molecule has 0 saturated carbocycles. The van der Waals surface area contributed by atoms with Gasteiger partial charge in [0.2, 0.25) is 0 Å². The van der Waals surface area contributed by atoms with Crippen LogP contribution in [0.4, 0.5) is 0 Å². The number of hydrogen-bond donors (Lipinski definition) is 1. The second-order valence-electron chi connectivity index (χ2n) is 5.28. The summed E-state index contributed by atoms with van der Waals surface area (Å²) in [6.07, 6.45) is -0.386. The Morgan fingerprint density at radius 2 is 2.16 bits per heavy atom. The third kappa shape index (κ3) is 2.86. The quantitative estimate of drug-likeness (QED) is 0.900. The van der Waals surface area contributed by atoms with Gasteiger partial charge in [-0.15, -0.1) is 0 Å². The van der Waals surface area contributed by atoms with Crippen molar-refractivity contribution in [2.75, 3.05) is 0 Å². The topological polar surface area (TPSA) is 78.6 Å². The first-order valence-corrected chi connectivity index (χ1v) is 6.11. The van der Waals surface area contributed by atoms with Gasteiger partial charge in [-0.25, -0.2) is 0 Å². The van der Waals surface area contributed by atoms with Crippen LogP contribution in [0.15, 0.2) is 18.2 Å². The average molecular weight is 263 g/mol. The van der Waals surface area contributed by atoms with Crippen molar-refractivity contribution in [2.45, 2.75) is 38.9 Å². The highest BCUT2D eigenvalue weighted by molar-refractivity contribution is 6.00. The Hall–Kier alpha value is -2.04. The summed E-state index contributed by atoms with van der Waals surface area (Å²) in [7, 11) is 0. The molecule has 5 nitrogen and oxygen atoms in total. The van der Waals surface area contributed by atoms with Crippen LogP contribution >= 0.6 is 0 Å². The molecule has 2 rings (SSSR count). The molecule has 102 valence electrons. The first kappa shape index (κ1) is 13.4. The Morgan fingerprint density at radius 3 is 2.79 bits per heavy atom. The van der Waals surface area contributed by atoms with Gasteiger partial charge in [0, 0.05) is 6.07 Å². The Labute approximate surface area is 111 Å². The number of ketones is 1. The van der Waals surface area contributed by atoms with Gasteiger partial charge in [0.1, 0.15) is 17.1 Å². The maximum atomic E-state index is 11.9. The van der Waals surface area contributed by atoms with E-state index in [0.29, 0.717) is 23.5 Å². The average Bonchev–Trinajstić information content (AvgIpc) is 2.26. The molecule has 1 unspecified atom stereocenters. The van der Waals surface area contributed by atoms with Crippen molar-refractivity contribution in [1.82, 2.24) is 0 Å². The minimum atomic E-state index is -0.731. The maximum absolute atomic E-state index is 11.9. The summed E-state index contributed by atoms with van der Waals surface area (Å²) in [6, 6.07) is 4.90. The van der Waals surface area contributed by atoms with E-state index >= 15 is 0 Å². The predicted molar refractivity (Wildman–Crippen MR) is 69.4 cm³/mol. The van der Waals surface area contributed by atoms with Gasteiger partial charge >= 0.3 is 0 Å². The Balaban J connectivity index is 2.28. The summed E-state index contributed by atoms with van der Waals surface area (Å²) in [5, 5.41) is 0. The number of carbonyl (C=O) groups is 2. The van der Waals surface area contributed by atoms with Crippen LogP contribution in [0.5, 0.6) is 11.5 Å². The van der Waals surface area contributed by atoms with Gasteiger partial charge in [-0.2, -0.15) is 0 Å². The molecular weight excluding hydrogens is 246 g/mol. The fourth-order valence-electron chi connectivity index (χ4n) is 1.97. The lowest BCUT2D eigenvalue weighted by Gasteiger charge is -2.31. The second-order valence-corrected chi connectivity index (χ2v) is 5.28. The molecule has 1 aromatic carbocycles. The van der Waals surface area contributed by atoms with Gasteiger partial charge in [-0.3, -0.25) is 9.59 Å². The molecule has 1 atom stereocenters. The molecule has 0 radical (unpaired) electrons. The van der Waals surface area contributed by atoms with Crippen molar-refractivity contribution >= 4 is 11.7 Å².